The number of carbonyl (C=O) groups is 2. The summed E-state index contributed by atoms with van der Waals surface area (Å²) in [6.45, 7) is 4.37. The molecule has 0 saturated heterocycles. The Morgan fingerprint density at radius 3 is 1.07 bits per heavy atom. The molecule has 0 bridgehead atoms. The van der Waals surface area contributed by atoms with Crippen LogP contribution in [0.15, 0.2) is 60.8 Å². The largest absolute Gasteiger partial charge is 0.472 e. The fourth-order valence-electron chi connectivity index (χ4n) is 9.83. The molecular weight excluding hydrogens is 1010 g/mol. The number of allylic oxidation sites excluding steroid dienone is 10. The number of hydrogen-bond donors (Lipinski definition) is 1. The van der Waals surface area contributed by atoms with Crippen molar-refractivity contribution >= 4 is 19.8 Å². The van der Waals surface area contributed by atoms with Gasteiger partial charge in [-0.15, -0.1) is 0 Å². The minimum Gasteiger partial charge on any atom is -0.462 e. The summed E-state index contributed by atoms with van der Waals surface area (Å²) in [5.41, 5.74) is 0. The van der Waals surface area contributed by atoms with E-state index in [1.807, 2.05) is 21.1 Å². The molecule has 0 rings (SSSR count). The highest BCUT2D eigenvalue weighted by molar-refractivity contribution is 7.47. The normalized spacial score (nSPS) is 13.5. The van der Waals surface area contributed by atoms with E-state index in [1.165, 1.54) is 231 Å². The number of nitrogens with zero attached hydrogens (tertiary/aromatic N) is 1. The molecule has 0 saturated carbocycles. The molecule has 1 N–H and O–H groups in total. The minimum atomic E-state index is -4.39. The van der Waals surface area contributed by atoms with Crippen LogP contribution in [0.2, 0.25) is 0 Å². The number of carbonyl (C=O) groups excluding carboxylic acids is 2. The van der Waals surface area contributed by atoms with Crippen molar-refractivity contribution in [3.05, 3.63) is 60.8 Å². The van der Waals surface area contributed by atoms with Crippen LogP contribution >= 0.6 is 7.82 Å². The van der Waals surface area contributed by atoms with Crippen LogP contribution in [0.1, 0.15) is 322 Å². The fraction of sp³-hybridized carbons (Fsp3) is 0.829. The van der Waals surface area contributed by atoms with Crippen LogP contribution in [0, 0.1) is 0 Å². The van der Waals surface area contributed by atoms with Gasteiger partial charge in [0.1, 0.15) is 19.8 Å². The minimum absolute atomic E-state index is 0.0327. The van der Waals surface area contributed by atoms with E-state index in [9.17, 15) is 19.0 Å². The lowest BCUT2D eigenvalue weighted by molar-refractivity contribution is -0.870. The molecule has 0 aromatic carbocycles. The van der Waals surface area contributed by atoms with Crippen LogP contribution in [0.4, 0.5) is 0 Å². The van der Waals surface area contributed by atoms with E-state index in [-0.39, 0.29) is 32.0 Å². The van der Waals surface area contributed by atoms with Gasteiger partial charge in [0.15, 0.2) is 6.10 Å². The maximum absolute atomic E-state index is 12.9. The quantitative estimate of drug-likeness (QED) is 0.0211. The van der Waals surface area contributed by atoms with Gasteiger partial charge in [-0.1, -0.05) is 293 Å². The molecule has 468 valence electrons. The van der Waals surface area contributed by atoms with Gasteiger partial charge in [0, 0.05) is 12.8 Å². The van der Waals surface area contributed by atoms with Gasteiger partial charge in [-0.05, 0) is 77.0 Å². The second kappa shape index (κ2) is 61.3. The second-order valence-electron chi connectivity index (χ2n) is 24.2. The van der Waals surface area contributed by atoms with Gasteiger partial charge < -0.3 is 18.9 Å². The standard InChI is InChI=1S/C70H130NO8P/c1-6-8-10-12-14-16-18-20-22-24-26-28-29-30-31-32-33-34-35-36-37-38-39-40-41-43-45-47-49-51-53-55-57-59-61-63-70(73)79-68(67-78-80(74,75)77-65-64-71(3,4)5)66-76-69(72)62-60-58-56-54-52-50-48-46-44-42-27-25-23-21-19-17-15-13-11-9-7-2/h8,10,14,16,20,22,25-28,68H,6-7,9,11-13,15,17-19,21,23-24,29-67H2,1-5H3/p+1/b10-8-,16-14-,22-20-,27-25-,28-26-. The molecule has 0 aliphatic heterocycles. The summed E-state index contributed by atoms with van der Waals surface area (Å²) in [7, 11) is 1.49. The molecule has 80 heavy (non-hydrogen) atoms. The molecule has 0 aromatic heterocycles. The maximum atomic E-state index is 12.9. The van der Waals surface area contributed by atoms with E-state index in [0.29, 0.717) is 17.4 Å². The van der Waals surface area contributed by atoms with Crippen molar-refractivity contribution in [3.63, 3.8) is 0 Å². The van der Waals surface area contributed by atoms with Crippen molar-refractivity contribution in [1.82, 2.24) is 0 Å². The summed E-state index contributed by atoms with van der Waals surface area (Å²) < 4.78 is 34.7. The third-order valence-corrected chi connectivity index (χ3v) is 16.0. The average Bonchev–Trinajstić information content (AvgIpc) is 3.42. The van der Waals surface area contributed by atoms with Crippen molar-refractivity contribution in [1.29, 1.82) is 0 Å². The zero-order valence-electron chi connectivity index (χ0n) is 53.3. The monoisotopic (exact) mass is 1140 g/mol. The van der Waals surface area contributed by atoms with Crippen molar-refractivity contribution in [2.24, 2.45) is 0 Å². The zero-order valence-corrected chi connectivity index (χ0v) is 54.2. The second-order valence-corrected chi connectivity index (χ2v) is 25.6. The number of quaternary nitrogens is 1. The van der Waals surface area contributed by atoms with E-state index < -0.39 is 26.5 Å². The number of ether oxygens (including phenoxy) is 2. The van der Waals surface area contributed by atoms with Crippen molar-refractivity contribution in [2.75, 3.05) is 47.5 Å². The van der Waals surface area contributed by atoms with Crippen LogP contribution in [0.5, 0.6) is 0 Å². The lowest BCUT2D eigenvalue weighted by Crippen LogP contribution is -2.37. The number of phosphoric acid groups is 1. The van der Waals surface area contributed by atoms with Crippen LogP contribution in [0.3, 0.4) is 0 Å². The zero-order chi connectivity index (χ0) is 58.4. The molecular formula is C70H131NO8P+. The van der Waals surface area contributed by atoms with Gasteiger partial charge in [-0.25, -0.2) is 4.57 Å². The fourth-order valence-corrected chi connectivity index (χ4v) is 10.6. The summed E-state index contributed by atoms with van der Waals surface area (Å²) >= 11 is 0. The molecule has 2 unspecified atom stereocenters. The number of hydrogen-bond acceptors (Lipinski definition) is 7. The summed E-state index contributed by atoms with van der Waals surface area (Å²) in [5, 5.41) is 0. The predicted octanol–water partition coefficient (Wildman–Crippen LogP) is 21.8. The number of likely N-dealkylation sites (N-methyl/N-ethyl adjacent to an activating group) is 1. The van der Waals surface area contributed by atoms with Crippen LogP contribution in [-0.4, -0.2) is 74.9 Å². The van der Waals surface area contributed by atoms with Crippen molar-refractivity contribution in [2.45, 2.75) is 328 Å². The number of phosphoric ester groups is 1. The Bertz CT molecular complexity index is 1530. The topological polar surface area (TPSA) is 108 Å². The van der Waals surface area contributed by atoms with E-state index in [2.05, 4.69) is 74.6 Å². The maximum Gasteiger partial charge on any atom is 0.472 e. The van der Waals surface area contributed by atoms with Crippen LogP contribution < -0.4 is 0 Å². The van der Waals surface area contributed by atoms with Crippen LogP contribution in [-0.2, 0) is 32.7 Å². The van der Waals surface area contributed by atoms with Gasteiger partial charge in [-0.2, -0.15) is 0 Å². The lowest BCUT2D eigenvalue weighted by Gasteiger charge is -2.24. The molecule has 0 fully saturated rings. The van der Waals surface area contributed by atoms with Crippen molar-refractivity contribution < 1.29 is 42.1 Å². The summed E-state index contributed by atoms with van der Waals surface area (Å²) in [6, 6.07) is 0. The molecule has 10 heteroatoms. The highest BCUT2D eigenvalue weighted by atomic mass is 31.2. The van der Waals surface area contributed by atoms with E-state index in [0.717, 1.165) is 57.8 Å². The summed E-state index contributed by atoms with van der Waals surface area (Å²) in [6.07, 6.45) is 80.4. The third-order valence-electron chi connectivity index (χ3n) is 15.0. The van der Waals surface area contributed by atoms with Crippen molar-refractivity contribution in [3.8, 4) is 0 Å². The first-order chi connectivity index (χ1) is 39.0. The molecule has 0 heterocycles. The molecule has 0 aromatic rings. The highest BCUT2D eigenvalue weighted by Crippen LogP contribution is 2.43. The first-order valence-corrected chi connectivity index (χ1v) is 35.5. The van der Waals surface area contributed by atoms with Gasteiger partial charge >= 0.3 is 19.8 Å². The molecule has 0 spiro atoms. The SMILES string of the molecule is CC/C=C\C/C=C\C/C=C\C/C=C\CCCCCCCCCCCCCCCCCCCCCCCCC(=O)OC(COC(=O)CCCCCCCCCCC/C=C\CCCCCCCCCC)COP(=O)(O)OCC[N+](C)(C)C. The Labute approximate surface area is 496 Å². The molecule has 9 nitrogen and oxygen atoms in total. The van der Waals surface area contributed by atoms with E-state index >= 15 is 0 Å². The Balaban J connectivity index is 3.99. The van der Waals surface area contributed by atoms with Gasteiger partial charge in [0.2, 0.25) is 0 Å². The van der Waals surface area contributed by atoms with Crippen LogP contribution in [0.25, 0.3) is 0 Å². The summed E-state index contributed by atoms with van der Waals surface area (Å²) in [5.74, 6) is -0.784. The molecule has 2 atom stereocenters. The number of rotatable bonds is 63. The number of esters is 2. The first-order valence-electron chi connectivity index (χ1n) is 34.0. The Morgan fingerprint density at radius 1 is 0.400 bits per heavy atom. The smallest absolute Gasteiger partial charge is 0.462 e. The molecule has 0 aliphatic rings. The first kappa shape index (κ1) is 77.7. The number of unbranched alkanes of at least 4 members (excludes halogenated alkanes) is 39. The Kier molecular flexibility index (Phi) is 59.5. The summed E-state index contributed by atoms with van der Waals surface area (Å²) in [4.78, 5) is 35.8. The Morgan fingerprint density at radius 2 is 0.713 bits per heavy atom. The third kappa shape index (κ3) is 64.9. The van der Waals surface area contributed by atoms with Gasteiger partial charge in [0.25, 0.3) is 0 Å². The molecule has 0 radical (unpaired) electrons. The lowest BCUT2D eigenvalue weighted by atomic mass is 10.0. The van der Waals surface area contributed by atoms with E-state index in [1.54, 1.807) is 0 Å². The highest BCUT2D eigenvalue weighted by Gasteiger charge is 2.27. The van der Waals surface area contributed by atoms with Gasteiger partial charge in [0.05, 0.1) is 27.7 Å². The molecule has 0 amide bonds. The van der Waals surface area contributed by atoms with Gasteiger partial charge in [-0.3, -0.25) is 18.6 Å². The Hall–Kier alpha value is -2.29. The average molecular weight is 1150 g/mol. The van der Waals surface area contributed by atoms with E-state index in [4.69, 9.17) is 18.5 Å². The molecule has 0 aliphatic carbocycles. The predicted molar refractivity (Wildman–Crippen MR) is 344 cm³/mol.